The summed E-state index contributed by atoms with van der Waals surface area (Å²) in [5, 5.41) is 22.2. The Labute approximate surface area is 424 Å². The van der Waals surface area contributed by atoms with Crippen LogP contribution in [0.1, 0.15) is 93.4 Å². The lowest BCUT2D eigenvalue weighted by molar-refractivity contribution is -0.0696. The van der Waals surface area contributed by atoms with Crippen LogP contribution in [-0.2, 0) is 0 Å². The van der Waals surface area contributed by atoms with E-state index in [1.165, 1.54) is 0 Å². The highest BCUT2D eigenvalue weighted by atomic mass is 19.4. The lowest BCUT2D eigenvalue weighted by Gasteiger charge is -2.37. The van der Waals surface area contributed by atoms with Crippen molar-refractivity contribution in [1.82, 2.24) is 25.1 Å². The van der Waals surface area contributed by atoms with Crippen molar-refractivity contribution in [3.63, 3.8) is 0 Å². The summed E-state index contributed by atoms with van der Waals surface area (Å²) >= 11 is 0. The van der Waals surface area contributed by atoms with Crippen LogP contribution in [-0.4, -0.2) is 123 Å². The molecule has 73 heavy (non-hydrogen) atoms. The molecule has 0 atom stereocenters. The second-order valence-electron chi connectivity index (χ2n) is 19.3. The summed E-state index contributed by atoms with van der Waals surface area (Å²) in [7, 11) is 7.31. The number of nitrogens with one attached hydrogen (secondary N) is 6. The molecule has 4 heterocycles. The molecule has 4 aliphatic rings. The molecule has 2 saturated carbocycles. The first kappa shape index (κ1) is 54.5. The van der Waals surface area contributed by atoms with Gasteiger partial charge in [-0.15, -0.1) is 0 Å². The van der Waals surface area contributed by atoms with E-state index in [2.05, 4.69) is 78.9 Å². The van der Waals surface area contributed by atoms with Crippen LogP contribution in [0.25, 0.3) is 32.7 Å². The average molecular weight is 1020 g/mol. The van der Waals surface area contributed by atoms with Gasteiger partial charge in [0.15, 0.2) is 0 Å². The molecule has 2 aromatic heterocycles. The molecule has 2 saturated heterocycles. The van der Waals surface area contributed by atoms with Crippen LogP contribution in [0.4, 0.5) is 55.0 Å². The Morgan fingerprint density at radius 1 is 0.589 bits per heavy atom. The SMILES string of the molecule is C=C(c1nc(NC2CC(Nc3ccc(C(=O)NC)cc3OC)C2)cc2c(NC3CCN(C)CC3)cccc12)C(F)(F)F.C=C(c1nc(NC2CCC2)cc2c(NC3CCN(C)CC3)cccc12)C(F)(F)F.CC. The van der Waals surface area contributed by atoms with Gasteiger partial charge in [-0.25, -0.2) is 9.97 Å². The molecule has 0 unspecified atom stereocenters. The molecule has 9 rings (SSSR count). The van der Waals surface area contributed by atoms with E-state index in [0.29, 0.717) is 45.1 Å². The molecule has 2 aliphatic heterocycles. The van der Waals surface area contributed by atoms with E-state index in [4.69, 9.17) is 4.74 Å². The number of hydrogen-bond donors (Lipinski definition) is 6. The van der Waals surface area contributed by atoms with Gasteiger partial charge in [-0.2, -0.15) is 26.3 Å². The number of aromatic nitrogens is 2. The van der Waals surface area contributed by atoms with Gasteiger partial charge in [0.1, 0.15) is 17.4 Å². The monoisotopic (exact) mass is 1020 g/mol. The van der Waals surface area contributed by atoms with Crippen LogP contribution in [0.3, 0.4) is 0 Å². The van der Waals surface area contributed by atoms with Gasteiger partial charge in [0.05, 0.1) is 35.3 Å². The topological polar surface area (TPSA) is 131 Å². The number of amides is 1. The molecule has 2 aliphatic carbocycles. The van der Waals surface area contributed by atoms with Crippen molar-refractivity contribution < 1.29 is 35.9 Å². The standard InChI is InChI=1S/C31H37F3N6O2.C22H27F3N4.C2H6/c1-18(31(32,33)34)29-23-6-5-7-25(36-20-10-12-40(3)13-11-20)24(23)17-28(39-29)38-22-15-21(16-22)37-26-9-8-19(30(41)35-2)14-27(26)42-4;1-14(22(23,24)25)21-17-7-4-8-19(26-16-9-11-29(2)12-10-16)18(17)13-20(28-21)27-15-5-3-6-15;1-2/h5-9,14,17,20-22,36-37H,1,10-13,15-16H2,2-4H3,(H,35,41)(H,38,39);4,7-8,13,15-16,26H,1,3,5-6,9-12H2,2H3,(H,27,28);1-2H3. The Balaban J connectivity index is 0.000000220. The van der Waals surface area contributed by atoms with Crippen LogP contribution in [0.15, 0.2) is 79.9 Å². The summed E-state index contributed by atoms with van der Waals surface area (Å²) in [4.78, 5) is 25.3. The predicted octanol–water partition coefficient (Wildman–Crippen LogP) is 12.0. The number of piperidine rings is 2. The lowest BCUT2D eigenvalue weighted by atomic mass is 9.86. The van der Waals surface area contributed by atoms with E-state index in [9.17, 15) is 31.1 Å². The highest BCUT2D eigenvalue weighted by Gasteiger charge is 2.37. The van der Waals surface area contributed by atoms with E-state index in [-0.39, 0.29) is 41.5 Å². The number of likely N-dealkylation sites (tertiary alicyclic amines) is 2. The largest absolute Gasteiger partial charge is 0.495 e. The molecule has 18 heteroatoms. The summed E-state index contributed by atoms with van der Waals surface area (Å²) in [5.41, 5.74) is 0.788. The molecule has 5 aromatic rings. The molecule has 394 valence electrons. The zero-order valence-electron chi connectivity index (χ0n) is 42.7. The number of fused-ring (bicyclic) bond motifs is 2. The molecule has 12 nitrogen and oxygen atoms in total. The fourth-order valence-corrected chi connectivity index (χ4v) is 9.57. The minimum Gasteiger partial charge on any atom is -0.495 e. The Morgan fingerprint density at radius 2 is 1.01 bits per heavy atom. The highest BCUT2D eigenvalue weighted by Crippen LogP contribution is 2.41. The number of pyridine rings is 2. The van der Waals surface area contributed by atoms with Crippen LogP contribution in [0.5, 0.6) is 5.75 Å². The molecule has 0 bridgehead atoms. The highest BCUT2D eigenvalue weighted by molar-refractivity contribution is 6.02. The number of allylic oxidation sites excluding steroid dienone is 2. The molecular formula is C55H70F6N10O2. The number of benzene rings is 3. The second kappa shape index (κ2) is 23.7. The van der Waals surface area contributed by atoms with Crippen LogP contribution in [0, 0.1) is 0 Å². The number of methoxy groups -OCH3 is 1. The van der Waals surface area contributed by atoms with Crippen molar-refractivity contribution in [2.75, 3.05) is 81.0 Å². The first-order valence-corrected chi connectivity index (χ1v) is 25.4. The van der Waals surface area contributed by atoms with E-state index >= 15 is 0 Å². The zero-order chi connectivity index (χ0) is 52.6. The third-order valence-corrected chi connectivity index (χ3v) is 14.2. The molecular weight excluding hydrogens is 947 g/mol. The van der Waals surface area contributed by atoms with Crippen LogP contribution >= 0.6 is 0 Å². The first-order valence-electron chi connectivity index (χ1n) is 25.4. The first-order chi connectivity index (χ1) is 34.9. The maximum Gasteiger partial charge on any atom is 0.417 e. The smallest absolute Gasteiger partial charge is 0.417 e. The van der Waals surface area contributed by atoms with Gasteiger partial charge in [0.25, 0.3) is 5.91 Å². The molecule has 0 spiro atoms. The number of carbonyl (C=O) groups is 1. The normalized spacial score (nSPS) is 19.0. The summed E-state index contributed by atoms with van der Waals surface area (Å²) in [6, 6.07) is 20.7. The number of ether oxygens (including phenoxy) is 1. The maximum atomic E-state index is 13.8. The molecule has 1 amide bonds. The number of rotatable bonds is 14. The van der Waals surface area contributed by atoms with Crippen molar-refractivity contribution in [1.29, 1.82) is 0 Å². The Bertz CT molecular complexity index is 2720. The fraction of sp³-hybridized carbons (Fsp3) is 0.473. The van der Waals surface area contributed by atoms with Gasteiger partial charge >= 0.3 is 12.4 Å². The zero-order valence-corrected chi connectivity index (χ0v) is 42.7. The van der Waals surface area contributed by atoms with Crippen molar-refractivity contribution >= 4 is 67.3 Å². The quantitative estimate of drug-likeness (QED) is 0.0595. The minimum atomic E-state index is -4.60. The average Bonchev–Trinajstić information content (AvgIpc) is 3.35. The third-order valence-electron chi connectivity index (χ3n) is 14.2. The summed E-state index contributed by atoms with van der Waals surface area (Å²) in [6.07, 6.45) is -0.565. The molecule has 4 fully saturated rings. The minimum absolute atomic E-state index is 0.0181. The van der Waals surface area contributed by atoms with Crippen LogP contribution in [0.2, 0.25) is 0 Å². The van der Waals surface area contributed by atoms with Gasteiger partial charge in [0.2, 0.25) is 0 Å². The number of nitrogens with zero attached hydrogens (tertiary/aromatic N) is 4. The van der Waals surface area contributed by atoms with Gasteiger partial charge in [-0.3, -0.25) is 4.79 Å². The number of carbonyl (C=O) groups excluding carboxylic acids is 1. The fourth-order valence-electron chi connectivity index (χ4n) is 9.57. The second-order valence-corrected chi connectivity index (χ2v) is 19.3. The van der Waals surface area contributed by atoms with Gasteiger partial charge in [-0.05, 0) is 141 Å². The summed E-state index contributed by atoms with van der Waals surface area (Å²) in [5.74, 6) is 1.23. The number of halogens is 6. The summed E-state index contributed by atoms with van der Waals surface area (Å²) in [6.45, 7) is 14.6. The Hall–Kier alpha value is -6.27. The van der Waals surface area contributed by atoms with E-state index in [1.54, 1.807) is 50.6 Å². The van der Waals surface area contributed by atoms with Gasteiger partial charge in [-0.1, -0.05) is 51.3 Å². The molecule has 6 N–H and O–H groups in total. The third kappa shape index (κ3) is 13.5. The Kier molecular flexibility index (Phi) is 17.7. The van der Waals surface area contributed by atoms with E-state index < -0.39 is 23.5 Å². The van der Waals surface area contributed by atoms with Crippen molar-refractivity contribution in [2.24, 2.45) is 0 Å². The maximum absolute atomic E-state index is 13.8. The number of anilines is 5. The van der Waals surface area contributed by atoms with E-state index in [1.807, 2.05) is 44.2 Å². The van der Waals surface area contributed by atoms with Gasteiger partial charge < -0.3 is 46.4 Å². The van der Waals surface area contributed by atoms with Crippen molar-refractivity contribution in [3.05, 3.63) is 96.8 Å². The predicted molar refractivity (Wildman–Crippen MR) is 285 cm³/mol. The van der Waals surface area contributed by atoms with Crippen LogP contribution < -0.4 is 36.6 Å². The lowest BCUT2D eigenvalue weighted by Crippen LogP contribution is -2.43. The number of alkyl halides is 6. The summed E-state index contributed by atoms with van der Waals surface area (Å²) < 4.78 is 87.4. The molecule has 0 radical (unpaired) electrons. The van der Waals surface area contributed by atoms with Gasteiger partial charge in [0, 0.05) is 75.7 Å². The number of hydrogen-bond acceptors (Lipinski definition) is 11. The molecule has 3 aromatic carbocycles. The van der Waals surface area contributed by atoms with Crippen molar-refractivity contribution in [2.45, 2.75) is 114 Å². The van der Waals surface area contributed by atoms with Crippen molar-refractivity contribution in [3.8, 4) is 5.75 Å². The Morgan fingerprint density at radius 3 is 1.42 bits per heavy atom. The van der Waals surface area contributed by atoms with E-state index in [0.717, 1.165) is 106 Å².